The summed E-state index contributed by atoms with van der Waals surface area (Å²) in [5.74, 6) is 0.00968. The fourth-order valence-corrected chi connectivity index (χ4v) is 1.28. The van der Waals surface area contributed by atoms with Crippen molar-refractivity contribution in [3.8, 4) is 0 Å². The molecule has 0 aromatic rings. The van der Waals surface area contributed by atoms with Crippen molar-refractivity contribution in [1.29, 1.82) is 0 Å². The molecule has 4 N–H and O–H groups in total. The van der Waals surface area contributed by atoms with Crippen molar-refractivity contribution < 1.29 is 9.90 Å². The zero-order valence-electron chi connectivity index (χ0n) is 9.29. The van der Waals surface area contributed by atoms with Crippen LogP contribution in [0.3, 0.4) is 0 Å². The number of amides is 1. The minimum absolute atomic E-state index is 0.00968. The first-order chi connectivity index (χ1) is 6.41. The number of aliphatic hydroxyl groups is 1. The Kier molecular flexibility index (Phi) is 6.49. The molecule has 84 valence electrons. The molecular weight excluding hydrogens is 180 g/mol. The normalized spacial score (nSPS) is 17.2. The third-order valence-electron chi connectivity index (χ3n) is 1.93. The largest absolute Gasteiger partial charge is 0.393 e. The fraction of sp³-hybridized carbons (Fsp3) is 0.900. The predicted octanol–water partition coefficient (Wildman–Crippen LogP) is 0.389. The van der Waals surface area contributed by atoms with Crippen LogP contribution in [0.4, 0.5) is 0 Å². The first-order valence-corrected chi connectivity index (χ1v) is 5.14. The maximum atomic E-state index is 11.3. The Bertz CT molecular complexity index is 170. The van der Waals surface area contributed by atoms with E-state index in [1.807, 2.05) is 13.8 Å². The van der Waals surface area contributed by atoms with Gasteiger partial charge in [-0.05, 0) is 33.6 Å². The Morgan fingerprint density at radius 1 is 1.43 bits per heavy atom. The molecule has 0 aliphatic carbocycles. The van der Waals surface area contributed by atoms with Crippen molar-refractivity contribution in [2.45, 2.75) is 58.2 Å². The third-order valence-corrected chi connectivity index (χ3v) is 1.93. The highest BCUT2D eigenvalue weighted by atomic mass is 16.3. The lowest BCUT2D eigenvalue weighted by Crippen LogP contribution is -2.35. The van der Waals surface area contributed by atoms with Crippen molar-refractivity contribution >= 4 is 5.91 Å². The van der Waals surface area contributed by atoms with E-state index in [0.717, 1.165) is 0 Å². The van der Waals surface area contributed by atoms with Crippen molar-refractivity contribution in [3.05, 3.63) is 0 Å². The number of aliphatic hydroxyl groups excluding tert-OH is 1. The van der Waals surface area contributed by atoms with Crippen LogP contribution in [0.1, 0.15) is 40.0 Å². The molecule has 0 radical (unpaired) electrons. The second-order valence-corrected chi connectivity index (χ2v) is 4.07. The molecule has 0 aromatic carbocycles. The zero-order valence-corrected chi connectivity index (χ0v) is 9.29. The number of hydrogen-bond acceptors (Lipinski definition) is 3. The van der Waals surface area contributed by atoms with Gasteiger partial charge in [0.25, 0.3) is 0 Å². The van der Waals surface area contributed by atoms with E-state index in [2.05, 4.69) is 5.32 Å². The molecule has 0 saturated heterocycles. The number of carbonyl (C=O) groups is 1. The summed E-state index contributed by atoms with van der Waals surface area (Å²) >= 11 is 0. The van der Waals surface area contributed by atoms with E-state index in [9.17, 15) is 4.79 Å². The standard InChI is InChI=1S/C10H22N2O2/c1-7(11)4-5-10(14)12-8(2)6-9(3)13/h7-9,13H,4-6,11H2,1-3H3,(H,12,14). The van der Waals surface area contributed by atoms with Crippen LogP contribution in [0.25, 0.3) is 0 Å². The molecule has 3 atom stereocenters. The molecule has 4 nitrogen and oxygen atoms in total. The maximum Gasteiger partial charge on any atom is 0.220 e. The van der Waals surface area contributed by atoms with Gasteiger partial charge in [-0.2, -0.15) is 0 Å². The summed E-state index contributed by atoms with van der Waals surface area (Å²) in [5, 5.41) is 11.9. The molecule has 0 aliphatic heterocycles. The second-order valence-electron chi connectivity index (χ2n) is 4.07. The quantitative estimate of drug-likeness (QED) is 0.583. The van der Waals surface area contributed by atoms with Crippen molar-refractivity contribution in [1.82, 2.24) is 5.32 Å². The zero-order chi connectivity index (χ0) is 11.1. The molecule has 0 fully saturated rings. The molecule has 1 amide bonds. The van der Waals surface area contributed by atoms with Gasteiger partial charge in [-0.1, -0.05) is 0 Å². The van der Waals surface area contributed by atoms with E-state index in [0.29, 0.717) is 19.3 Å². The molecule has 0 bridgehead atoms. The lowest BCUT2D eigenvalue weighted by Gasteiger charge is -2.15. The van der Waals surface area contributed by atoms with E-state index in [-0.39, 0.29) is 24.1 Å². The van der Waals surface area contributed by atoms with Gasteiger partial charge in [-0.15, -0.1) is 0 Å². The highest BCUT2D eigenvalue weighted by Gasteiger charge is 2.09. The first kappa shape index (κ1) is 13.4. The summed E-state index contributed by atoms with van der Waals surface area (Å²) < 4.78 is 0. The molecule has 0 heterocycles. The van der Waals surface area contributed by atoms with Crippen LogP contribution in [0.5, 0.6) is 0 Å². The number of hydrogen-bond donors (Lipinski definition) is 3. The summed E-state index contributed by atoms with van der Waals surface area (Å²) in [6, 6.07) is 0.0865. The molecule has 0 aliphatic rings. The monoisotopic (exact) mass is 202 g/mol. The Labute approximate surface area is 85.9 Å². The van der Waals surface area contributed by atoms with E-state index in [4.69, 9.17) is 10.8 Å². The van der Waals surface area contributed by atoms with Crippen LogP contribution in [0.15, 0.2) is 0 Å². The van der Waals surface area contributed by atoms with Crippen LogP contribution in [-0.4, -0.2) is 29.2 Å². The van der Waals surface area contributed by atoms with E-state index in [1.165, 1.54) is 0 Å². The number of nitrogens with one attached hydrogen (secondary N) is 1. The van der Waals surface area contributed by atoms with E-state index < -0.39 is 0 Å². The van der Waals surface area contributed by atoms with Gasteiger partial charge in [0, 0.05) is 18.5 Å². The molecule has 0 saturated carbocycles. The molecule has 0 rings (SSSR count). The molecule has 0 spiro atoms. The van der Waals surface area contributed by atoms with Gasteiger partial charge in [0.1, 0.15) is 0 Å². The maximum absolute atomic E-state index is 11.3. The minimum Gasteiger partial charge on any atom is -0.393 e. The Morgan fingerprint density at radius 3 is 2.43 bits per heavy atom. The highest BCUT2D eigenvalue weighted by Crippen LogP contribution is 1.99. The lowest BCUT2D eigenvalue weighted by molar-refractivity contribution is -0.122. The summed E-state index contributed by atoms with van der Waals surface area (Å²) in [6.45, 7) is 5.48. The Balaban J connectivity index is 3.60. The molecule has 4 heteroatoms. The van der Waals surface area contributed by atoms with Crippen LogP contribution >= 0.6 is 0 Å². The molecule has 0 aromatic heterocycles. The predicted molar refractivity (Wildman–Crippen MR) is 56.8 cm³/mol. The third kappa shape index (κ3) is 8.01. The van der Waals surface area contributed by atoms with Crippen LogP contribution < -0.4 is 11.1 Å². The van der Waals surface area contributed by atoms with Gasteiger partial charge in [0.05, 0.1) is 6.10 Å². The van der Waals surface area contributed by atoms with E-state index >= 15 is 0 Å². The lowest BCUT2D eigenvalue weighted by atomic mass is 10.1. The average molecular weight is 202 g/mol. The van der Waals surface area contributed by atoms with Crippen LogP contribution in [0, 0.1) is 0 Å². The van der Waals surface area contributed by atoms with Gasteiger partial charge in [0.2, 0.25) is 5.91 Å². The highest BCUT2D eigenvalue weighted by molar-refractivity contribution is 5.76. The van der Waals surface area contributed by atoms with Crippen molar-refractivity contribution in [2.24, 2.45) is 5.73 Å². The summed E-state index contributed by atoms with van der Waals surface area (Å²) in [7, 11) is 0. The molecule has 14 heavy (non-hydrogen) atoms. The summed E-state index contributed by atoms with van der Waals surface area (Å²) in [5.41, 5.74) is 5.53. The molecule has 3 unspecified atom stereocenters. The van der Waals surface area contributed by atoms with Gasteiger partial charge >= 0.3 is 0 Å². The Hall–Kier alpha value is -0.610. The minimum atomic E-state index is -0.376. The van der Waals surface area contributed by atoms with Gasteiger partial charge in [0.15, 0.2) is 0 Å². The Morgan fingerprint density at radius 2 is 2.00 bits per heavy atom. The number of carbonyl (C=O) groups excluding carboxylic acids is 1. The van der Waals surface area contributed by atoms with Crippen molar-refractivity contribution in [3.63, 3.8) is 0 Å². The smallest absolute Gasteiger partial charge is 0.220 e. The molecular formula is C10H22N2O2. The van der Waals surface area contributed by atoms with Crippen LogP contribution in [0.2, 0.25) is 0 Å². The van der Waals surface area contributed by atoms with Gasteiger partial charge in [-0.25, -0.2) is 0 Å². The number of rotatable bonds is 6. The van der Waals surface area contributed by atoms with Gasteiger partial charge < -0.3 is 16.2 Å². The van der Waals surface area contributed by atoms with Gasteiger partial charge in [-0.3, -0.25) is 4.79 Å². The summed E-state index contributed by atoms with van der Waals surface area (Å²) in [4.78, 5) is 11.3. The first-order valence-electron chi connectivity index (χ1n) is 5.14. The topological polar surface area (TPSA) is 75.4 Å². The summed E-state index contributed by atoms with van der Waals surface area (Å²) in [6.07, 6.45) is 1.37. The van der Waals surface area contributed by atoms with E-state index in [1.54, 1.807) is 6.92 Å². The fourth-order valence-electron chi connectivity index (χ4n) is 1.28. The van der Waals surface area contributed by atoms with Crippen molar-refractivity contribution in [2.75, 3.05) is 0 Å². The second kappa shape index (κ2) is 6.79. The van der Waals surface area contributed by atoms with Crippen LogP contribution in [-0.2, 0) is 4.79 Å². The number of nitrogens with two attached hydrogens (primary N) is 1. The SMILES string of the molecule is CC(N)CCC(=O)NC(C)CC(C)O. The average Bonchev–Trinajstić information content (AvgIpc) is 1.98.